The summed E-state index contributed by atoms with van der Waals surface area (Å²) in [5, 5.41) is 5.33. The third-order valence-corrected chi connectivity index (χ3v) is 5.11. The topological polar surface area (TPSA) is 65.5 Å². The Labute approximate surface area is 174 Å². The van der Waals surface area contributed by atoms with Crippen LogP contribution in [0.5, 0.6) is 0 Å². The lowest BCUT2D eigenvalue weighted by atomic mass is 10.2. The molecule has 0 atom stereocenters. The van der Waals surface area contributed by atoms with Crippen molar-refractivity contribution in [2.45, 2.75) is 19.6 Å². The van der Waals surface area contributed by atoms with Gasteiger partial charge in [-0.25, -0.2) is 9.78 Å². The molecule has 0 fully saturated rings. The number of amides is 3. The fraction of sp³-hybridized carbons (Fsp3) is 0.227. The maximum atomic E-state index is 12.6. The number of nitrogens with one attached hydrogen (secondary N) is 1. The molecule has 150 valence electrons. The van der Waals surface area contributed by atoms with Gasteiger partial charge in [0.15, 0.2) is 0 Å². The molecule has 6 nitrogen and oxygen atoms in total. The Bertz CT molecular complexity index is 942. The normalized spacial score (nSPS) is 10.4. The van der Waals surface area contributed by atoms with Crippen molar-refractivity contribution in [1.29, 1.82) is 0 Å². The summed E-state index contributed by atoms with van der Waals surface area (Å²) in [5.41, 5.74) is 2.44. The van der Waals surface area contributed by atoms with E-state index in [4.69, 9.17) is 0 Å². The maximum Gasteiger partial charge on any atom is 0.320 e. The van der Waals surface area contributed by atoms with Gasteiger partial charge in [-0.1, -0.05) is 60.7 Å². The maximum absolute atomic E-state index is 12.6. The van der Waals surface area contributed by atoms with Gasteiger partial charge < -0.3 is 15.1 Å². The second-order valence-electron chi connectivity index (χ2n) is 6.81. The van der Waals surface area contributed by atoms with Crippen LogP contribution in [-0.2, 0) is 19.6 Å². The minimum Gasteiger partial charge on any atom is -0.347 e. The van der Waals surface area contributed by atoms with Crippen LogP contribution in [0.2, 0.25) is 0 Å². The van der Waals surface area contributed by atoms with Crippen molar-refractivity contribution in [1.82, 2.24) is 20.1 Å². The van der Waals surface area contributed by atoms with Crippen LogP contribution in [0.15, 0.2) is 66.0 Å². The van der Waals surface area contributed by atoms with Gasteiger partial charge in [0.1, 0.15) is 10.7 Å². The van der Waals surface area contributed by atoms with Gasteiger partial charge >= 0.3 is 6.03 Å². The van der Waals surface area contributed by atoms with Gasteiger partial charge in [-0.05, 0) is 11.1 Å². The van der Waals surface area contributed by atoms with Crippen molar-refractivity contribution in [3.05, 3.63) is 87.9 Å². The Balaban J connectivity index is 1.65. The highest BCUT2D eigenvalue weighted by molar-refractivity contribution is 7.09. The smallest absolute Gasteiger partial charge is 0.320 e. The molecule has 0 unspecified atom stereocenters. The van der Waals surface area contributed by atoms with E-state index in [0.29, 0.717) is 25.3 Å². The van der Waals surface area contributed by atoms with Crippen molar-refractivity contribution in [3.63, 3.8) is 0 Å². The Hall–Kier alpha value is -3.19. The predicted molar refractivity (Wildman–Crippen MR) is 114 cm³/mol. The number of benzene rings is 2. The van der Waals surface area contributed by atoms with Crippen molar-refractivity contribution in [2.24, 2.45) is 0 Å². The van der Waals surface area contributed by atoms with Crippen LogP contribution in [0.4, 0.5) is 4.79 Å². The van der Waals surface area contributed by atoms with Crippen LogP contribution >= 0.6 is 11.3 Å². The first kappa shape index (κ1) is 20.5. The number of hydrogen-bond donors (Lipinski definition) is 1. The number of aromatic nitrogens is 1. The van der Waals surface area contributed by atoms with E-state index in [1.54, 1.807) is 29.3 Å². The summed E-state index contributed by atoms with van der Waals surface area (Å²) in [5.74, 6) is -0.218. The van der Waals surface area contributed by atoms with E-state index in [9.17, 15) is 9.59 Å². The predicted octanol–water partition coefficient (Wildman–Crippen LogP) is 3.76. The lowest BCUT2D eigenvalue weighted by Gasteiger charge is -2.25. The number of nitrogens with zero attached hydrogens (tertiary/aromatic N) is 3. The van der Waals surface area contributed by atoms with Gasteiger partial charge in [-0.2, -0.15) is 0 Å². The lowest BCUT2D eigenvalue weighted by Crippen LogP contribution is -2.38. The van der Waals surface area contributed by atoms with E-state index >= 15 is 0 Å². The van der Waals surface area contributed by atoms with E-state index < -0.39 is 0 Å². The number of rotatable bonds is 7. The zero-order chi connectivity index (χ0) is 20.6. The van der Waals surface area contributed by atoms with Crippen LogP contribution in [0.25, 0.3) is 0 Å². The molecule has 7 heteroatoms. The first-order chi connectivity index (χ1) is 14.0. The number of carbonyl (C=O) groups excluding carboxylic acids is 2. The molecule has 29 heavy (non-hydrogen) atoms. The minimum absolute atomic E-state index is 0.0980. The zero-order valence-electron chi connectivity index (χ0n) is 16.5. The largest absolute Gasteiger partial charge is 0.347 e. The second kappa shape index (κ2) is 9.84. The summed E-state index contributed by atoms with van der Waals surface area (Å²) in [6, 6.07) is 19.5. The Kier molecular flexibility index (Phi) is 6.97. The molecular formula is C22H24N4O2S. The molecule has 3 rings (SSSR count). The van der Waals surface area contributed by atoms with Gasteiger partial charge in [0.2, 0.25) is 0 Å². The fourth-order valence-electron chi connectivity index (χ4n) is 2.80. The summed E-state index contributed by atoms with van der Waals surface area (Å²) in [7, 11) is 3.45. The molecule has 0 spiro atoms. The van der Waals surface area contributed by atoms with Gasteiger partial charge in [0.25, 0.3) is 5.91 Å². The van der Waals surface area contributed by atoms with E-state index in [2.05, 4.69) is 10.3 Å². The quantitative estimate of drug-likeness (QED) is 0.647. The monoisotopic (exact) mass is 408 g/mol. The SMILES string of the molecule is CN(C)C(=O)N(Cc1ccccc1)Cc1nc(C(=O)NCc2ccccc2)cs1. The molecule has 3 amide bonds. The van der Waals surface area contributed by atoms with Crippen LogP contribution < -0.4 is 5.32 Å². The summed E-state index contributed by atoms with van der Waals surface area (Å²) in [6.07, 6.45) is 0. The Morgan fingerprint density at radius 1 is 0.931 bits per heavy atom. The average molecular weight is 409 g/mol. The van der Waals surface area contributed by atoms with E-state index in [1.807, 2.05) is 60.7 Å². The molecule has 1 N–H and O–H groups in total. The number of hydrogen-bond acceptors (Lipinski definition) is 4. The van der Waals surface area contributed by atoms with Gasteiger partial charge in [0.05, 0.1) is 6.54 Å². The molecule has 0 aliphatic heterocycles. The highest BCUT2D eigenvalue weighted by Crippen LogP contribution is 2.16. The molecule has 0 aliphatic carbocycles. The van der Waals surface area contributed by atoms with Crippen LogP contribution in [0, 0.1) is 0 Å². The van der Waals surface area contributed by atoms with Crippen LogP contribution in [-0.4, -0.2) is 40.8 Å². The van der Waals surface area contributed by atoms with Crippen molar-refractivity contribution >= 4 is 23.3 Å². The summed E-state index contributed by atoms with van der Waals surface area (Å²) < 4.78 is 0. The number of thiazole rings is 1. The molecule has 3 aromatic rings. The molecule has 0 aliphatic rings. The molecule has 1 heterocycles. The van der Waals surface area contributed by atoms with E-state index in [-0.39, 0.29) is 11.9 Å². The van der Waals surface area contributed by atoms with Crippen molar-refractivity contribution < 1.29 is 9.59 Å². The average Bonchev–Trinajstić information content (AvgIpc) is 3.21. The summed E-state index contributed by atoms with van der Waals surface area (Å²) in [4.78, 5) is 32.7. The minimum atomic E-state index is -0.218. The third kappa shape index (κ3) is 5.89. The van der Waals surface area contributed by atoms with Crippen molar-refractivity contribution in [3.8, 4) is 0 Å². The van der Waals surface area contributed by atoms with E-state index in [1.165, 1.54) is 11.3 Å². The van der Waals surface area contributed by atoms with Gasteiger partial charge in [0, 0.05) is 32.6 Å². The zero-order valence-corrected chi connectivity index (χ0v) is 17.4. The molecule has 0 saturated carbocycles. The Morgan fingerprint density at radius 2 is 1.55 bits per heavy atom. The summed E-state index contributed by atoms with van der Waals surface area (Å²) >= 11 is 1.38. The summed E-state index contributed by atoms with van der Waals surface area (Å²) in [6.45, 7) is 1.28. The lowest BCUT2D eigenvalue weighted by molar-refractivity contribution is 0.0946. The first-order valence-corrected chi connectivity index (χ1v) is 10.2. The molecule has 1 aromatic heterocycles. The Morgan fingerprint density at radius 3 is 2.17 bits per heavy atom. The van der Waals surface area contributed by atoms with Gasteiger partial charge in [-0.15, -0.1) is 11.3 Å². The van der Waals surface area contributed by atoms with E-state index in [0.717, 1.165) is 16.1 Å². The number of carbonyl (C=O) groups is 2. The van der Waals surface area contributed by atoms with Crippen LogP contribution in [0.1, 0.15) is 26.6 Å². The number of urea groups is 1. The highest BCUT2D eigenvalue weighted by Gasteiger charge is 2.19. The molecular weight excluding hydrogens is 384 g/mol. The van der Waals surface area contributed by atoms with Crippen LogP contribution in [0.3, 0.4) is 0 Å². The standard InChI is InChI=1S/C22H24N4O2S/c1-25(2)22(28)26(14-18-11-7-4-8-12-18)15-20-24-19(16-29-20)21(27)23-13-17-9-5-3-6-10-17/h3-12,16H,13-15H2,1-2H3,(H,23,27). The van der Waals surface area contributed by atoms with Gasteiger partial charge in [-0.3, -0.25) is 4.79 Å². The molecule has 0 radical (unpaired) electrons. The molecule has 2 aromatic carbocycles. The third-order valence-electron chi connectivity index (χ3n) is 4.28. The highest BCUT2D eigenvalue weighted by atomic mass is 32.1. The molecule has 0 saturated heterocycles. The second-order valence-corrected chi connectivity index (χ2v) is 7.76. The fourth-order valence-corrected chi connectivity index (χ4v) is 3.59. The van der Waals surface area contributed by atoms with Crippen molar-refractivity contribution in [2.75, 3.05) is 14.1 Å². The first-order valence-electron chi connectivity index (χ1n) is 9.29. The molecule has 0 bridgehead atoms.